The van der Waals surface area contributed by atoms with Gasteiger partial charge in [-0.05, 0) is 67.5 Å². The number of piperidine rings is 1. The molecule has 2 saturated carbocycles. The van der Waals surface area contributed by atoms with Crippen molar-refractivity contribution >= 4 is 0 Å². The largest absolute Gasteiger partial charge is 0.388 e. The third kappa shape index (κ3) is 3.84. The molecule has 6 atom stereocenters. The van der Waals surface area contributed by atoms with E-state index >= 15 is 0 Å². The molecule has 3 heteroatoms. The third-order valence-electron chi connectivity index (χ3n) is 8.37. The van der Waals surface area contributed by atoms with Gasteiger partial charge in [-0.2, -0.15) is 0 Å². The van der Waals surface area contributed by atoms with Crippen molar-refractivity contribution in [2.45, 2.75) is 50.2 Å². The Balaban J connectivity index is 1.33. The first kappa shape index (κ1) is 20.2. The Morgan fingerprint density at radius 1 is 0.967 bits per heavy atom. The number of rotatable bonds is 6. The average molecular weight is 406 g/mol. The number of benzene rings is 2. The minimum absolute atomic E-state index is 0.240. The van der Waals surface area contributed by atoms with Crippen molar-refractivity contribution in [1.29, 1.82) is 0 Å². The number of hydrogen-bond donors (Lipinski definition) is 2. The van der Waals surface area contributed by atoms with Gasteiger partial charge in [0.2, 0.25) is 0 Å². The van der Waals surface area contributed by atoms with E-state index in [2.05, 4.69) is 4.90 Å². The van der Waals surface area contributed by atoms with Crippen molar-refractivity contribution in [2.24, 2.45) is 23.7 Å². The zero-order valence-corrected chi connectivity index (χ0v) is 17.9. The van der Waals surface area contributed by atoms with E-state index in [1.165, 1.54) is 32.1 Å². The highest BCUT2D eigenvalue weighted by Crippen LogP contribution is 2.50. The van der Waals surface area contributed by atoms with Gasteiger partial charge in [-0.25, -0.2) is 0 Å². The predicted molar refractivity (Wildman–Crippen MR) is 120 cm³/mol. The summed E-state index contributed by atoms with van der Waals surface area (Å²) in [5.74, 6) is 2.62. The van der Waals surface area contributed by atoms with Crippen LogP contribution in [0.4, 0.5) is 0 Å². The molecule has 1 heterocycles. The maximum Gasteiger partial charge on any atom is 0.0977 e. The topological polar surface area (TPSA) is 43.7 Å². The predicted octanol–water partition coefficient (Wildman–Crippen LogP) is 4.76. The van der Waals surface area contributed by atoms with Gasteiger partial charge in [0.1, 0.15) is 0 Å². The summed E-state index contributed by atoms with van der Waals surface area (Å²) in [6.07, 6.45) is 7.07. The quantitative estimate of drug-likeness (QED) is 0.728. The molecule has 3 aliphatic rings. The first-order valence-electron chi connectivity index (χ1n) is 11.9. The number of aliphatic hydroxyl groups is 2. The van der Waals surface area contributed by atoms with Crippen LogP contribution in [0.2, 0.25) is 0 Å². The maximum atomic E-state index is 11.8. The van der Waals surface area contributed by atoms with Crippen LogP contribution in [-0.2, 0) is 5.60 Å². The second-order valence-corrected chi connectivity index (χ2v) is 10.0. The highest BCUT2D eigenvalue weighted by molar-refractivity contribution is 5.27. The van der Waals surface area contributed by atoms with Gasteiger partial charge in [0, 0.05) is 19.0 Å². The van der Waals surface area contributed by atoms with E-state index in [0.29, 0.717) is 6.42 Å². The highest BCUT2D eigenvalue weighted by atomic mass is 16.3. The minimum atomic E-state index is -1.00. The lowest BCUT2D eigenvalue weighted by Crippen LogP contribution is -2.52. The van der Waals surface area contributed by atoms with Gasteiger partial charge in [-0.15, -0.1) is 0 Å². The molecule has 1 aliphatic heterocycles. The number of fused-ring (bicyclic) bond motifs is 2. The SMILES string of the molecule is OC(c1ccccc1)C1CN(CCC2CC3CCC2C3)CCC1(O)c1ccccc1. The third-order valence-corrected chi connectivity index (χ3v) is 8.37. The Hall–Kier alpha value is -1.68. The van der Waals surface area contributed by atoms with Gasteiger partial charge in [0.25, 0.3) is 0 Å². The molecule has 0 radical (unpaired) electrons. The van der Waals surface area contributed by atoms with Crippen molar-refractivity contribution in [2.75, 3.05) is 19.6 Å². The van der Waals surface area contributed by atoms with E-state index in [4.69, 9.17) is 0 Å². The first-order chi connectivity index (χ1) is 14.6. The summed E-state index contributed by atoms with van der Waals surface area (Å²) in [4.78, 5) is 2.50. The Bertz CT molecular complexity index is 825. The lowest BCUT2D eigenvalue weighted by Gasteiger charge is -2.47. The number of aliphatic hydroxyl groups excluding tert-OH is 1. The molecule has 30 heavy (non-hydrogen) atoms. The summed E-state index contributed by atoms with van der Waals surface area (Å²) in [5, 5.41) is 23.2. The Labute approximate surface area is 180 Å². The molecule has 3 fully saturated rings. The fraction of sp³-hybridized carbons (Fsp3) is 0.556. The van der Waals surface area contributed by atoms with Gasteiger partial charge in [0.15, 0.2) is 0 Å². The number of nitrogens with zero attached hydrogens (tertiary/aromatic N) is 1. The van der Waals surface area contributed by atoms with Crippen LogP contribution in [0.15, 0.2) is 60.7 Å². The normalized spacial score (nSPS) is 34.9. The molecule has 5 rings (SSSR count). The van der Waals surface area contributed by atoms with Crippen molar-refractivity contribution in [3.05, 3.63) is 71.8 Å². The fourth-order valence-corrected chi connectivity index (χ4v) is 6.64. The Morgan fingerprint density at radius 2 is 1.70 bits per heavy atom. The van der Waals surface area contributed by atoms with Crippen LogP contribution >= 0.6 is 0 Å². The van der Waals surface area contributed by atoms with Gasteiger partial charge in [-0.3, -0.25) is 0 Å². The second kappa shape index (κ2) is 8.45. The van der Waals surface area contributed by atoms with Crippen LogP contribution in [0.25, 0.3) is 0 Å². The molecule has 2 aliphatic carbocycles. The molecule has 0 aromatic heterocycles. The summed E-state index contributed by atoms with van der Waals surface area (Å²) < 4.78 is 0. The second-order valence-electron chi connectivity index (χ2n) is 10.0. The summed E-state index contributed by atoms with van der Waals surface area (Å²) in [7, 11) is 0. The van der Waals surface area contributed by atoms with Gasteiger partial charge < -0.3 is 15.1 Å². The number of hydrogen-bond acceptors (Lipinski definition) is 3. The van der Waals surface area contributed by atoms with Crippen LogP contribution in [0.3, 0.4) is 0 Å². The van der Waals surface area contributed by atoms with Crippen LogP contribution in [-0.4, -0.2) is 34.7 Å². The van der Waals surface area contributed by atoms with E-state index in [-0.39, 0.29) is 5.92 Å². The first-order valence-corrected chi connectivity index (χ1v) is 11.9. The maximum absolute atomic E-state index is 11.8. The Kier molecular flexibility index (Phi) is 5.70. The van der Waals surface area contributed by atoms with Gasteiger partial charge >= 0.3 is 0 Å². The molecule has 3 nitrogen and oxygen atoms in total. The lowest BCUT2D eigenvalue weighted by atomic mass is 9.72. The van der Waals surface area contributed by atoms with E-state index in [1.807, 2.05) is 60.7 Å². The fourth-order valence-electron chi connectivity index (χ4n) is 6.64. The molecule has 160 valence electrons. The minimum Gasteiger partial charge on any atom is -0.388 e. The molecule has 2 aromatic carbocycles. The zero-order chi connectivity index (χ0) is 20.6. The summed E-state index contributed by atoms with van der Waals surface area (Å²) in [6, 6.07) is 19.8. The van der Waals surface area contributed by atoms with Crippen molar-refractivity contribution in [1.82, 2.24) is 4.90 Å². The molecule has 0 spiro atoms. The monoisotopic (exact) mass is 405 g/mol. The highest BCUT2D eigenvalue weighted by Gasteiger charge is 2.47. The van der Waals surface area contributed by atoms with Crippen LogP contribution in [0.1, 0.15) is 55.8 Å². The smallest absolute Gasteiger partial charge is 0.0977 e. The average Bonchev–Trinajstić information content (AvgIpc) is 3.43. The molecule has 1 saturated heterocycles. The summed E-state index contributed by atoms with van der Waals surface area (Å²) >= 11 is 0. The zero-order valence-electron chi connectivity index (χ0n) is 17.9. The molecule has 2 N–H and O–H groups in total. The van der Waals surface area contributed by atoms with Gasteiger partial charge in [0.05, 0.1) is 11.7 Å². The van der Waals surface area contributed by atoms with Crippen molar-refractivity contribution in [3.8, 4) is 0 Å². The molecule has 2 bridgehead atoms. The van der Waals surface area contributed by atoms with E-state index < -0.39 is 11.7 Å². The lowest BCUT2D eigenvalue weighted by molar-refractivity contribution is -0.123. The van der Waals surface area contributed by atoms with E-state index in [9.17, 15) is 10.2 Å². The standard InChI is InChI=1S/C27H35NO2/c29-26(21-7-3-1-4-8-21)25-19-28(15-13-23-18-20-11-12-22(23)17-20)16-14-27(25,30)24-9-5-2-6-10-24/h1-10,20,22-23,25-26,29-30H,11-19H2. The van der Waals surface area contributed by atoms with Gasteiger partial charge in [-0.1, -0.05) is 67.1 Å². The molecule has 0 amide bonds. The molecule has 2 aromatic rings. The summed E-state index contributed by atoms with van der Waals surface area (Å²) in [5.41, 5.74) is 0.823. The molecule has 6 unspecified atom stereocenters. The van der Waals surface area contributed by atoms with Crippen LogP contribution in [0.5, 0.6) is 0 Å². The van der Waals surface area contributed by atoms with Crippen LogP contribution < -0.4 is 0 Å². The van der Waals surface area contributed by atoms with Crippen LogP contribution in [0, 0.1) is 23.7 Å². The Morgan fingerprint density at radius 3 is 2.37 bits per heavy atom. The molecular formula is C27H35NO2. The molecular weight excluding hydrogens is 370 g/mol. The van der Waals surface area contributed by atoms with Crippen molar-refractivity contribution < 1.29 is 10.2 Å². The van der Waals surface area contributed by atoms with E-state index in [1.54, 1.807) is 0 Å². The number of likely N-dealkylation sites (tertiary alicyclic amines) is 1. The van der Waals surface area contributed by atoms with E-state index in [0.717, 1.165) is 48.5 Å². The van der Waals surface area contributed by atoms with Crippen molar-refractivity contribution in [3.63, 3.8) is 0 Å². The summed E-state index contributed by atoms with van der Waals surface area (Å²) in [6.45, 7) is 2.73.